The molecule has 2 rings (SSSR count). The Balaban J connectivity index is 2.31. The molecule has 0 aliphatic rings. The topological polar surface area (TPSA) is 24.9 Å². The Morgan fingerprint density at radius 2 is 1.94 bits per heavy atom. The molecular weight excluding hydrogens is 240 g/mol. The monoisotopic (exact) mass is 260 g/mol. The van der Waals surface area contributed by atoms with Crippen LogP contribution >= 0.6 is 11.3 Å². The molecule has 0 bridgehead atoms. The van der Waals surface area contributed by atoms with Crippen LogP contribution in [0.5, 0.6) is 0 Å². The Bertz CT molecular complexity index is 543. The minimum absolute atomic E-state index is 0.985. The largest absolute Gasteiger partial charge is 0.319 e. The van der Waals surface area contributed by atoms with Crippen LogP contribution in [0.4, 0.5) is 0 Å². The fraction of sp³-hybridized carbons (Fsp3) is 0.400. The molecule has 3 heteroatoms. The van der Waals surface area contributed by atoms with Gasteiger partial charge in [0.05, 0.1) is 9.88 Å². The summed E-state index contributed by atoms with van der Waals surface area (Å²) in [5, 5.41) is 4.37. The van der Waals surface area contributed by atoms with Crippen LogP contribution in [0.3, 0.4) is 0 Å². The van der Waals surface area contributed by atoms with Crippen molar-refractivity contribution in [3.8, 4) is 10.4 Å². The first-order valence-electron chi connectivity index (χ1n) is 6.30. The zero-order valence-corrected chi connectivity index (χ0v) is 12.3. The standard InChI is InChI=1S/C15H20N2S/c1-10-5-6-13(12(3)11(10)2)14-9-17-15(18-14)7-8-16-4/h5-6,9,16H,7-8H2,1-4H3. The lowest BCUT2D eigenvalue weighted by Crippen LogP contribution is -2.09. The summed E-state index contributed by atoms with van der Waals surface area (Å²) < 4.78 is 0. The summed E-state index contributed by atoms with van der Waals surface area (Å²) in [6, 6.07) is 4.41. The molecule has 96 valence electrons. The summed E-state index contributed by atoms with van der Waals surface area (Å²) in [6.45, 7) is 7.54. The van der Waals surface area contributed by atoms with E-state index in [4.69, 9.17) is 0 Å². The Morgan fingerprint density at radius 3 is 2.67 bits per heavy atom. The van der Waals surface area contributed by atoms with Crippen molar-refractivity contribution in [2.45, 2.75) is 27.2 Å². The summed E-state index contributed by atoms with van der Waals surface area (Å²) in [7, 11) is 1.97. The van der Waals surface area contributed by atoms with Crippen LogP contribution in [0.1, 0.15) is 21.7 Å². The van der Waals surface area contributed by atoms with Gasteiger partial charge in [0.15, 0.2) is 0 Å². The highest BCUT2D eigenvalue weighted by molar-refractivity contribution is 7.15. The minimum Gasteiger partial charge on any atom is -0.319 e. The Labute approximate surface area is 113 Å². The van der Waals surface area contributed by atoms with Crippen molar-refractivity contribution >= 4 is 11.3 Å². The Hall–Kier alpha value is -1.19. The number of benzene rings is 1. The number of aryl methyl sites for hydroxylation is 1. The van der Waals surface area contributed by atoms with E-state index in [0.717, 1.165) is 13.0 Å². The van der Waals surface area contributed by atoms with Crippen LogP contribution in [0.2, 0.25) is 0 Å². The fourth-order valence-corrected chi connectivity index (χ4v) is 3.01. The second kappa shape index (κ2) is 5.63. The normalized spacial score (nSPS) is 10.9. The van der Waals surface area contributed by atoms with Crippen molar-refractivity contribution in [3.63, 3.8) is 0 Å². The number of rotatable bonds is 4. The number of hydrogen-bond donors (Lipinski definition) is 1. The average Bonchev–Trinajstić information content (AvgIpc) is 2.82. The van der Waals surface area contributed by atoms with E-state index in [1.165, 1.54) is 32.1 Å². The van der Waals surface area contributed by atoms with Gasteiger partial charge in [0.25, 0.3) is 0 Å². The van der Waals surface area contributed by atoms with Gasteiger partial charge in [0.2, 0.25) is 0 Å². The molecule has 18 heavy (non-hydrogen) atoms. The van der Waals surface area contributed by atoms with E-state index in [-0.39, 0.29) is 0 Å². The van der Waals surface area contributed by atoms with Crippen molar-refractivity contribution < 1.29 is 0 Å². The summed E-state index contributed by atoms with van der Waals surface area (Å²) in [5.41, 5.74) is 5.44. The lowest BCUT2D eigenvalue weighted by atomic mass is 9.98. The molecule has 0 aliphatic heterocycles. The van der Waals surface area contributed by atoms with Gasteiger partial charge in [-0.15, -0.1) is 11.3 Å². The molecule has 1 heterocycles. The van der Waals surface area contributed by atoms with Gasteiger partial charge in [0, 0.05) is 19.2 Å². The van der Waals surface area contributed by atoms with Gasteiger partial charge in [-0.3, -0.25) is 0 Å². The second-order valence-electron chi connectivity index (χ2n) is 4.65. The lowest BCUT2D eigenvalue weighted by molar-refractivity contribution is 0.787. The van der Waals surface area contributed by atoms with Crippen molar-refractivity contribution in [2.24, 2.45) is 0 Å². The number of aromatic nitrogens is 1. The third kappa shape index (κ3) is 2.62. The van der Waals surface area contributed by atoms with E-state index in [0.29, 0.717) is 0 Å². The number of nitrogens with zero attached hydrogens (tertiary/aromatic N) is 1. The maximum Gasteiger partial charge on any atom is 0.0943 e. The van der Waals surface area contributed by atoms with E-state index < -0.39 is 0 Å². The molecule has 0 spiro atoms. The number of hydrogen-bond acceptors (Lipinski definition) is 3. The zero-order chi connectivity index (χ0) is 13.1. The number of thiazole rings is 1. The molecule has 0 saturated carbocycles. The van der Waals surface area contributed by atoms with Crippen LogP contribution in [0.25, 0.3) is 10.4 Å². The molecule has 2 nitrogen and oxygen atoms in total. The average molecular weight is 260 g/mol. The minimum atomic E-state index is 0.985. The summed E-state index contributed by atoms with van der Waals surface area (Å²) >= 11 is 1.80. The lowest BCUT2D eigenvalue weighted by Gasteiger charge is -2.09. The maximum absolute atomic E-state index is 4.50. The van der Waals surface area contributed by atoms with Gasteiger partial charge >= 0.3 is 0 Å². The Morgan fingerprint density at radius 1 is 1.17 bits per heavy atom. The molecule has 1 aromatic carbocycles. The fourth-order valence-electron chi connectivity index (χ4n) is 2.01. The predicted octanol–water partition coefficient (Wildman–Crippen LogP) is 3.50. The highest BCUT2D eigenvalue weighted by Gasteiger charge is 2.09. The smallest absolute Gasteiger partial charge is 0.0943 e. The molecule has 0 saturated heterocycles. The molecule has 0 radical (unpaired) electrons. The Kier molecular flexibility index (Phi) is 4.15. The summed E-state index contributed by atoms with van der Waals surface area (Å²) in [4.78, 5) is 5.78. The number of nitrogens with one attached hydrogen (secondary N) is 1. The highest BCUT2D eigenvalue weighted by atomic mass is 32.1. The van der Waals surface area contributed by atoms with E-state index in [9.17, 15) is 0 Å². The molecule has 0 unspecified atom stereocenters. The number of likely N-dealkylation sites (N-methyl/N-ethyl adjacent to an activating group) is 1. The third-order valence-corrected chi connectivity index (χ3v) is 4.56. The molecule has 1 N–H and O–H groups in total. The molecule has 0 atom stereocenters. The molecule has 0 fully saturated rings. The molecule has 0 amide bonds. The van der Waals surface area contributed by atoms with Gasteiger partial charge < -0.3 is 5.32 Å². The third-order valence-electron chi connectivity index (χ3n) is 3.47. The highest BCUT2D eigenvalue weighted by Crippen LogP contribution is 2.31. The summed E-state index contributed by atoms with van der Waals surface area (Å²) in [6.07, 6.45) is 3.01. The SMILES string of the molecule is CNCCc1ncc(-c2ccc(C)c(C)c2C)s1. The van der Waals surface area contributed by atoms with Gasteiger partial charge in [-0.1, -0.05) is 12.1 Å². The van der Waals surface area contributed by atoms with E-state index in [1.807, 2.05) is 13.2 Å². The van der Waals surface area contributed by atoms with Crippen LogP contribution in [-0.4, -0.2) is 18.6 Å². The van der Waals surface area contributed by atoms with Crippen molar-refractivity contribution in [2.75, 3.05) is 13.6 Å². The van der Waals surface area contributed by atoms with Crippen LogP contribution in [0.15, 0.2) is 18.3 Å². The zero-order valence-electron chi connectivity index (χ0n) is 11.5. The first-order valence-corrected chi connectivity index (χ1v) is 7.11. The van der Waals surface area contributed by atoms with Gasteiger partial charge in [0.1, 0.15) is 0 Å². The van der Waals surface area contributed by atoms with Crippen molar-refractivity contribution in [1.82, 2.24) is 10.3 Å². The van der Waals surface area contributed by atoms with Gasteiger partial charge in [-0.25, -0.2) is 4.98 Å². The molecule has 0 aliphatic carbocycles. The van der Waals surface area contributed by atoms with E-state index in [2.05, 4.69) is 43.2 Å². The molecule has 1 aromatic heterocycles. The quantitative estimate of drug-likeness (QED) is 0.910. The van der Waals surface area contributed by atoms with E-state index >= 15 is 0 Å². The van der Waals surface area contributed by atoms with Crippen molar-refractivity contribution in [1.29, 1.82) is 0 Å². The van der Waals surface area contributed by atoms with Gasteiger partial charge in [-0.05, 0) is 50.1 Å². The molecule has 2 aromatic rings. The van der Waals surface area contributed by atoms with Crippen molar-refractivity contribution in [3.05, 3.63) is 40.0 Å². The maximum atomic E-state index is 4.50. The van der Waals surface area contributed by atoms with Crippen LogP contribution in [-0.2, 0) is 6.42 Å². The van der Waals surface area contributed by atoms with E-state index in [1.54, 1.807) is 11.3 Å². The second-order valence-corrected chi connectivity index (χ2v) is 5.77. The first-order chi connectivity index (χ1) is 8.63. The molecular formula is C15H20N2S. The predicted molar refractivity (Wildman–Crippen MR) is 79.4 cm³/mol. The van der Waals surface area contributed by atoms with Gasteiger partial charge in [-0.2, -0.15) is 0 Å². The first kappa shape index (κ1) is 13.2. The van der Waals surface area contributed by atoms with Crippen LogP contribution < -0.4 is 5.32 Å². The van der Waals surface area contributed by atoms with Crippen LogP contribution in [0, 0.1) is 20.8 Å². The summed E-state index contributed by atoms with van der Waals surface area (Å²) in [5.74, 6) is 0.